The summed E-state index contributed by atoms with van der Waals surface area (Å²) in [5.74, 6) is 0.837. The lowest BCUT2D eigenvalue weighted by atomic mass is 10.1. The van der Waals surface area contributed by atoms with Crippen molar-refractivity contribution in [1.29, 1.82) is 0 Å². The van der Waals surface area contributed by atoms with Gasteiger partial charge in [0.25, 0.3) is 0 Å². The van der Waals surface area contributed by atoms with Crippen molar-refractivity contribution in [3.8, 4) is 22.8 Å². The van der Waals surface area contributed by atoms with E-state index in [0.717, 1.165) is 5.56 Å². The van der Waals surface area contributed by atoms with E-state index in [4.69, 9.17) is 9.15 Å². The van der Waals surface area contributed by atoms with E-state index < -0.39 is 0 Å². The van der Waals surface area contributed by atoms with Gasteiger partial charge < -0.3 is 14.3 Å². The summed E-state index contributed by atoms with van der Waals surface area (Å²) < 4.78 is 11.0. The van der Waals surface area contributed by atoms with E-state index in [0.29, 0.717) is 28.0 Å². The van der Waals surface area contributed by atoms with Crippen LogP contribution in [0.4, 0.5) is 0 Å². The number of ether oxygens (including phenoxy) is 1. The zero-order valence-corrected chi connectivity index (χ0v) is 11.7. The van der Waals surface area contributed by atoms with Gasteiger partial charge in [0.15, 0.2) is 5.43 Å². The van der Waals surface area contributed by atoms with Crippen molar-refractivity contribution < 1.29 is 14.3 Å². The standard InChI is InChI=1S/C17H14O4/c1-10-12(18)8-15-16(17(10)20-2)13(19)9-14(21-15)11-6-4-3-5-7-11/h3-9,18H,1-2H3. The van der Waals surface area contributed by atoms with Crippen LogP contribution in [0.5, 0.6) is 11.5 Å². The zero-order chi connectivity index (χ0) is 15.0. The molecule has 1 heterocycles. The van der Waals surface area contributed by atoms with Crippen molar-refractivity contribution in [3.05, 3.63) is 58.3 Å². The van der Waals surface area contributed by atoms with Gasteiger partial charge in [-0.05, 0) is 6.92 Å². The third-order valence-electron chi connectivity index (χ3n) is 3.46. The van der Waals surface area contributed by atoms with Crippen LogP contribution < -0.4 is 10.2 Å². The van der Waals surface area contributed by atoms with Gasteiger partial charge in [0.2, 0.25) is 0 Å². The third kappa shape index (κ3) is 2.14. The van der Waals surface area contributed by atoms with E-state index in [1.54, 1.807) is 6.92 Å². The lowest BCUT2D eigenvalue weighted by Gasteiger charge is -2.10. The molecule has 0 saturated carbocycles. The Morgan fingerprint density at radius 1 is 1.14 bits per heavy atom. The number of benzene rings is 2. The molecule has 3 rings (SSSR count). The summed E-state index contributed by atoms with van der Waals surface area (Å²) in [6, 6.07) is 12.2. The normalized spacial score (nSPS) is 10.8. The smallest absolute Gasteiger partial charge is 0.197 e. The van der Waals surface area contributed by atoms with Gasteiger partial charge in [-0.15, -0.1) is 0 Å². The number of fused-ring (bicyclic) bond motifs is 1. The second-order valence-corrected chi connectivity index (χ2v) is 4.77. The molecule has 0 radical (unpaired) electrons. The monoisotopic (exact) mass is 282 g/mol. The van der Waals surface area contributed by atoms with Crippen LogP contribution in [0.3, 0.4) is 0 Å². The molecule has 0 fully saturated rings. The summed E-state index contributed by atoms with van der Waals surface area (Å²) in [6.45, 7) is 1.69. The Hall–Kier alpha value is -2.75. The molecule has 4 heteroatoms. The highest BCUT2D eigenvalue weighted by atomic mass is 16.5. The van der Waals surface area contributed by atoms with Crippen LogP contribution in [-0.4, -0.2) is 12.2 Å². The Morgan fingerprint density at radius 2 is 1.86 bits per heavy atom. The Morgan fingerprint density at radius 3 is 2.52 bits per heavy atom. The van der Waals surface area contributed by atoms with Crippen LogP contribution in [0.2, 0.25) is 0 Å². The molecule has 0 aliphatic carbocycles. The van der Waals surface area contributed by atoms with Crippen molar-refractivity contribution in [2.45, 2.75) is 6.92 Å². The first-order chi connectivity index (χ1) is 10.1. The van der Waals surface area contributed by atoms with Crippen LogP contribution in [0, 0.1) is 6.92 Å². The minimum Gasteiger partial charge on any atom is -0.507 e. The lowest BCUT2D eigenvalue weighted by molar-refractivity contribution is 0.406. The molecular weight excluding hydrogens is 268 g/mol. The Balaban J connectivity index is 2.36. The molecule has 21 heavy (non-hydrogen) atoms. The molecule has 2 aromatic carbocycles. The van der Waals surface area contributed by atoms with Gasteiger partial charge in [-0.3, -0.25) is 4.79 Å². The van der Waals surface area contributed by atoms with Crippen molar-refractivity contribution in [2.75, 3.05) is 7.11 Å². The van der Waals surface area contributed by atoms with Crippen molar-refractivity contribution in [2.24, 2.45) is 0 Å². The number of methoxy groups -OCH3 is 1. The molecule has 0 spiro atoms. The summed E-state index contributed by atoms with van der Waals surface area (Å²) in [7, 11) is 1.46. The minimum atomic E-state index is -0.199. The van der Waals surface area contributed by atoms with Gasteiger partial charge in [-0.2, -0.15) is 0 Å². The minimum absolute atomic E-state index is 0.0349. The topological polar surface area (TPSA) is 59.7 Å². The number of phenolic OH excluding ortho intramolecular Hbond substituents is 1. The van der Waals surface area contributed by atoms with Gasteiger partial charge in [0.1, 0.15) is 28.2 Å². The Labute approximate surface area is 121 Å². The fourth-order valence-electron chi connectivity index (χ4n) is 2.37. The molecule has 1 N–H and O–H groups in total. The van der Waals surface area contributed by atoms with E-state index in [1.165, 1.54) is 19.2 Å². The van der Waals surface area contributed by atoms with Crippen molar-refractivity contribution in [1.82, 2.24) is 0 Å². The molecule has 4 nitrogen and oxygen atoms in total. The number of rotatable bonds is 2. The molecular formula is C17H14O4. The fraction of sp³-hybridized carbons (Fsp3) is 0.118. The number of phenols is 1. The van der Waals surface area contributed by atoms with E-state index in [9.17, 15) is 9.90 Å². The quantitative estimate of drug-likeness (QED) is 0.781. The van der Waals surface area contributed by atoms with Crippen LogP contribution >= 0.6 is 0 Å². The van der Waals surface area contributed by atoms with E-state index in [2.05, 4.69) is 0 Å². The van der Waals surface area contributed by atoms with Crippen LogP contribution in [0.15, 0.2) is 51.7 Å². The molecule has 0 aliphatic rings. The van der Waals surface area contributed by atoms with Gasteiger partial charge in [0, 0.05) is 23.3 Å². The first-order valence-corrected chi connectivity index (χ1v) is 6.51. The van der Waals surface area contributed by atoms with Crippen molar-refractivity contribution in [3.63, 3.8) is 0 Å². The highest BCUT2D eigenvalue weighted by Gasteiger charge is 2.16. The maximum Gasteiger partial charge on any atom is 0.197 e. The molecule has 1 aromatic heterocycles. The lowest BCUT2D eigenvalue weighted by Crippen LogP contribution is -2.04. The highest BCUT2D eigenvalue weighted by Crippen LogP contribution is 2.35. The summed E-state index contributed by atoms with van der Waals surface area (Å²) in [4.78, 5) is 12.4. The third-order valence-corrected chi connectivity index (χ3v) is 3.46. The first-order valence-electron chi connectivity index (χ1n) is 6.51. The van der Waals surface area contributed by atoms with E-state index in [1.807, 2.05) is 30.3 Å². The Kier molecular flexibility index (Phi) is 3.14. The van der Waals surface area contributed by atoms with Crippen LogP contribution in [0.25, 0.3) is 22.3 Å². The van der Waals surface area contributed by atoms with Gasteiger partial charge >= 0.3 is 0 Å². The molecule has 0 amide bonds. The first kappa shape index (κ1) is 13.2. The molecule has 0 bridgehead atoms. The van der Waals surface area contributed by atoms with Crippen LogP contribution in [0.1, 0.15) is 5.56 Å². The van der Waals surface area contributed by atoms with Crippen molar-refractivity contribution >= 4 is 11.0 Å². The van der Waals surface area contributed by atoms with E-state index in [-0.39, 0.29) is 11.2 Å². The molecule has 0 unspecified atom stereocenters. The number of hydrogen-bond acceptors (Lipinski definition) is 4. The predicted molar refractivity (Wildman–Crippen MR) is 80.9 cm³/mol. The summed E-state index contributed by atoms with van der Waals surface area (Å²) in [6.07, 6.45) is 0. The molecule has 0 aliphatic heterocycles. The molecule has 0 saturated heterocycles. The zero-order valence-electron chi connectivity index (χ0n) is 11.7. The second-order valence-electron chi connectivity index (χ2n) is 4.77. The average Bonchev–Trinajstić information content (AvgIpc) is 2.50. The van der Waals surface area contributed by atoms with Gasteiger partial charge in [-0.1, -0.05) is 30.3 Å². The fourth-order valence-corrected chi connectivity index (χ4v) is 2.37. The highest BCUT2D eigenvalue weighted by molar-refractivity contribution is 5.88. The Bertz CT molecular complexity index is 863. The molecule has 3 aromatic rings. The maximum atomic E-state index is 12.4. The van der Waals surface area contributed by atoms with Crippen LogP contribution in [-0.2, 0) is 0 Å². The summed E-state index contributed by atoms with van der Waals surface area (Å²) >= 11 is 0. The largest absolute Gasteiger partial charge is 0.507 e. The van der Waals surface area contributed by atoms with Gasteiger partial charge in [0.05, 0.1) is 7.11 Å². The molecule has 0 atom stereocenters. The summed E-state index contributed by atoms with van der Waals surface area (Å²) in [5, 5.41) is 10.3. The predicted octanol–water partition coefficient (Wildman–Crippen LogP) is 3.48. The van der Waals surface area contributed by atoms with E-state index >= 15 is 0 Å². The maximum absolute atomic E-state index is 12.4. The molecule has 106 valence electrons. The average molecular weight is 282 g/mol. The summed E-state index contributed by atoms with van der Waals surface area (Å²) in [5.41, 5.74) is 1.43. The number of hydrogen-bond donors (Lipinski definition) is 1. The SMILES string of the molecule is COc1c(C)c(O)cc2oc(-c3ccccc3)cc(=O)c12. The van der Waals surface area contributed by atoms with Gasteiger partial charge in [-0.25, -0.2) is 0 Å². The number of aromatic hydroxyl groups is 1. The second kappa shape index (κ2) is 4.98.